The number of benzene rings is 3. The van der Waals surface area contributed by atoms with Gasteiger partial charge in [-0.05, 0) is 55.7 Å². The van der Waals surface area contributed by atoms with Crippen LogP contribution in [0.5, 0.6) is 5.75 Å². The first-order chi connectivity index (χ1) is 18.9. The Labute approximate surface area is 224 Å². The summed E-state index contributed by atoms with van der Waals surface area (Å²) < 4.78 is 1.40. The minimum absolute atomic E-state index is 0.0652. The predicted molar refractivity (Wildman–Crippen MR) is 148 cm³/mol. The molecule has 6 rings (SSSR count). The second-order valence-electron chi connectivity index (χ2n) is 9.72. The van der Waals surface area contributed by atoms with E-state index in [1.165, 1.54) is 16.9 Å². The minimum atomic E-state index is -0.439. The van der Waals surface area contributed by atoms with Gasteiger partial charge >= 0.3 is 6.03 Å². The van der Waals surface area contributed by atoms with Gasteiger partial charge in [0.2, 0.25) is 0 Å². The molecule has 0 saturated heterocycles. The summed E-state index contributed by atoms with van der Waals surface area (Å²) in [5.41, 5.74) is 5.78. The average Bonchev–Trinajstić information content (AvgIpc) is 3.70. The van der Waals surface area contributed by atoms with Gasteiger partial charge in [-0.1, -0.05) is 42.0 Å². The van der Waals surface area contributed by atoms with E-state index >= 15 is 0 Å². The van der Waals surface area contributed by atoms with Crippen LogP contribution in [0.15, 0.2) is 79.0 Å². The van der Waals surface area contributed by atoms with E-state index in [0.29, 0.717) is 34.5 Å². The van der Waals surface area contributed by atoms with E-state index in [9.17, 15) is 14.7 Å². The van der Waals surface area contributed by atoms with E-state index in [2.05, 4.69) is 25.7 Å². The van der Waals surface area contributed by atoms with Gasteiger partial charge in [-0.25, -0.2) is 9.78 Å². The Morgan fingerprint density at radius 3 is 2.59 bits per heavy atom. The first-order valence-electron chi connectivity index (χ1n) is 12.7. The molecule has 0 spiro atoms. The predicted octanol–water partition coefficient (Wildman–Crippen LogP) is 5.39. The third-order valence-electron chi connectivity index (χ3n) is 6.66. The van der Waals surface area contributed by atoms with Crippen molar-refractivity contribution in [2.75, 3.05) is 5.32 Å². The standard InChI is InChI=1S/C30H26N6O3/c1-18-5-4-6-19(13-18)16-32-30(39)36-27(20-9-10-20)15-25(35-36)22-12-11-21(14-28(22)37)33-29(38)26-17-31-23-7-2-3-8-24(23)34-26/h2-8,11-15,17,20,37H,9-10,16H2,1H3,(H,32,39)(H,33,38). The summed E-state index contributed by atoms with van der Waals surface area (Å²) in [6.45, 7) is 2.40. The lowest BCUT2D eigenvalue weighted by atomic mass is 10.1. The molecule has 5 aromatic rings. The number of phenols is 1. The molecule has 1 aliphatic carbocycles. The van der Waals surface area contributed by atoms with E-state index in [0.717, 1.165) is 29.7 Å². The second kappa shape index (κ2) is 10.0. The number of carbonyl (C=O) groups is 2. The maximum Gasteiger partial charge on any atom is 0.342 e. The molecule has 2 aromatic heterocycles. The summed E-state index contributed by atoms with van der Waals surface area (Å²) in [4.78, 5) is 34.4. The zero-order chi connectivity index (χ0) is 26.9. The maximum absolute atomic E-state index is 13.0. The zero-order valence-electron chi connectivity index (χ0n) is 21.3. The average molecular weight is 519 g/mol. The fourth-order valence-corrected chi connectivity index (χ4v) is 4.52. The zero-order valence-corrected chi connectivity index (χ0v) is 21.3. The fraction of sp³-hybridized carbons (Fsp3) is 0.167. The Hall–Kier alpha value is -5.05. The molecule has 0 atom stereocenters. The van der Waals surface area contributed by atoms with Gasteiger partial charge in [-0.2, -0.15) is 9.78 Å². The highest BCUT2D eigenvalue weighted by Crippen LogP contribution is 2.42. The Morgan fingerprint density at radius 2 is 1.82 bits per heavy atom. The molecule has 1 fully saturated rings. The lowest BCUT2D eigenvalue weighted by Crippen LogP contribution is -2.30. The number of aromatic hydroxyl groups is 1. The molecule has 0 radical (unpaired) electrons. The summed E-state index contributed by atoms with van der Waals surface area (Å²) in [6, 6.07) is 21.6. The van der Waals surface area contributed by atoms with Crippen molar-refractivity contribution < 1.29 is 14.7 Å². The number of nitrogens with one attached hydrogen (secondary N) is 2. The number of fused-ring (bicyclic) bond motifs is 1. The smallest absolute Gasteiger partial charge is 0.342 e. The van der Waals surface area contributed by atoms with Gasteiger partial charge < -0.3 is 15.7 Å². The summed E-state index contributed by atoms with van der Waals surface area (Å²) >= 11 is 0. The van der Waals surface area contributed by atoms with Gasteiger partial charge in [0.15, 0.2) is 0 Å². The van der Waals surface area contributed by atoms with Gasteiger partial charge in [-0.15, -0.1) is 0 Å². The molecule has 2 amide bonds. The second-order valence-corrected chi connectivity index (χ2v) is 9.72. The Balaban J connectivity index is 1.20. The summed E-state index contributed by atoms with van der Waals surface area (Å²) in [5, 5.41) is 21.0. The number of para-hydroxylation sites is 2. The number of rotatable bonds is 6. The number of carbonyl (C=O) groups excluding carboxylic acids is 2. The highest BCUT2D eigenvalue weighted by molar-refractivity contribution is 6.03. The van der Waals surface area contributed by atoms with Crippen molar-refractivity contribution in [2.24, 2.45) is 0 Å². The largest absolute Gasteiger partial charge is 0.507 e. The number of aryl methyl sites for hydroxylation is 1. The quantitative estimate of drug-likeness (QED) is 0.277. The van der Waals surface area contributed by atoms with Crippen LogP contribution in [-0.4, -0.2) is 36.8 Å². The molecule has 39 heavy (non-hydrogen) atoms. The summed E-state index contributed by atoms with van der Waals surface area (Å²) in [6.07, 6.45) is 3.40. The number of phenolic OH excluding ortho intramolecular Hbond substituents is 1. The van der Waals surface area contributed by atoms with E-state index in [1.807, 2.05) is 55.5 Å². The molecule has 1 aliphatic rings. The molecule has 0 aliphatic heterocycles. The van der Waals surface area contributed by atoms with Crippen molar-refractivity contribution in [3.8, 4) is 17.0 Å². The maximum atomic E-state index is 13.0. The van der Waals surface area contributed by atoms with Crippen molar-refractivity contribution in [3.05, 3.63) is 102 Å². The molecule has 2 heterocycles. The van der Waals surface area contributed by atoms with Crippen molar-refractivity contribution >= 4 is 28.7 Å². The topological polar surface area (TPSA) is 122 Å². The van der Waals surface area contributed by atoms with Crippen LogP contribution in [0.25, 0.3) is 22.3 Å². The molecule has 3 aromatic carbocycles. The van der Waals surface area contributed by atoms with E-state index in [1.54, 1.807) is 18.2 Å². The lowest BCUT2D eigenvalue weighted by Gasteiger charge is -2.09. The monoisotopic (exact) mass is 518 g/mol. The molecular formula is C30H26N6O3. The Kier molecular flexibility index (Phi) is 6.24. The van der Waals surface area contributed by atoms with Crippen LogP contribution in [0.3, 0.4) is 0 Å². The summed E-state index contributed by atoms with van der Waals surface area (Å²) in [5.74, 6) is -0.240. The minimum Gasteiger partial charge on any atom is -0.507 e. The molecule has 9 heteroatoms. The van der Waals surface area contributed by atoms with Crippen LogP contribution in [0.1, 0.15) is 46.1 Å². The number of hydrogen-bond acceptors (Lipinski definition) is 6. The first-order valence-corrected chi connectivity index (χ1v) is 12.7. The van der Waals surface area contributed by atoms with Gasteiger partial charge in [0.05, 0.1) is 28.6 Å². The third-order valence-corrected chi connectivity index (χ3v) is 6.66. The molecular weight excluding hydrogens is 492 g/mol. The molecule has 9 nitrogen and oxygen atoms in total. The van der Waals surface area contributed by atoms with Crippen LogP contribution < -0.4 is 10.6 Å². The SMILES string of the molecule is Cc1cccc(CNC(=O)n2nc(-c3ccc(NC(=O)c4cnc5ccccc5n4)cc3O)cc2C2CC2)c1. The molecule has 3 N–H and O–H groups in total. The van der Waals surface area contributed by atoms with Crippen LogP contribution in [0, 0.1) is 6.92 Å². The van der Waals surface area contributed by atoms with E-state index in [4.69, 9.17) is 0 Å². The highest BCUT2D eigenvalue weighted by Gasteiger charge is 2.30. The fourth-order valence-electron chi connectivity index (χ4n) is 4.52. The highest BCUT2D eigenvalue weighted by atomic mass is 16.3. The molecule has 0 unspecified atom stereocenters. The van der Waals surface area contributed by atoms with Crippen LogP contribution in [0.4, 0.5) is 10.5 Å². The van der Waals surface area contributed by atoms with E-state index < -0.39 is 5.91 Å². The van der Waals surface area contributed by atoms with Gasteiger partial charge in [0, 0.05) is 29.8 Å². The van der Waals surface area contributed by atoms with Gasteiger partial charge in [0.25, 0.3) is 5.91 Å². The van der Waals surface area contributed by atoms with Crippen molar-refractivity contribution in [1.29, 1.82) is 0 Å². The first kappa shape index (κ1) is 24.3. The van der Waals surface area contributed by atoms with Crippen LogP contribution in [0.2, 0.25) is 0 Å². The normalized spacial score (nSPS) is 12.8. The molecule has 1 saturated carbocycles. The van der Waals surface area contributed by atoms with E-state index in [-0.39, 0.29) is 23.4 Å². The Bertz CT molecular complexity index is 1720. The lowest BCUT2D eigenvalue weighted by molar-refractivity contribution is 0.102. The third kappa shape index (κ3) is 5.19. The van der Waals surface area contributed by atoms with Crippen molar-refractivity contribution in [3.63, 3.8) is 0 Å². The number of nitrogens with zero attached hydrogens (tertiary/aromatic N) is 4. The van der Waals surface area contributed by atoms with Gasteiger partial charge in [-0.3, -0.25) is 9.78 Å². The number of anilines is 1. The van der Waals surface area contributed by atoms with Crippen LogP contribution in [-0.2, 0) is 6.54 Å². The van der Waals surface area contributed by atoms with Crippen molar-refractivity contribution in [2.45, 2.75) is 32.2 Å². The number of aromatic nitrogens is 4. The molecule has 194 valence electrons. The molecule has 0 bridgehead atoms. The van der Waals surface area contributed by atoms with Crippen molar-refractivity contribution in [1.82, 2.24) is 25.1 Å². The van der Waals surface area contributed by atoms with Crippen LogP contribution >= 0.6 is 0 Å². The summed E-state index contributed by atoms with van der Waals surface area (Å²) in [7, 11) is 0. The number of amides is 2. The van der Waals surface area contributed by atoms with Gasteiger partial charge in [0.1, 0.15) is 11.4 Å². The number of hydrogen-bond donors (Lipinski definition) is 3. The Morgan fingerprint density at radius 1 is 1.00 bits per heavy atom.